The molecule has 1 aromatic rings. The predicted molar refractivity (Wildman–Crippen MR) is 46.2 cm³/mol. The predicted octanol–water partition coefficient (Wildman–Crippen LogP) is 1.14. The second-order valence-corrected chi connectivity index (χ2v) is 2.49. The molecule has 0 unspecified atom stereocenters. The Balaban J connectivity index is 2.82. The molecule has 13 heavy (non-hydrogen) atoms. The van der Waals surface area contributed by atoms with E-state index >= 15 is 0 Å². The summed E-state index contributed by atoms with van der Waals surface area (Å²) < 4.78 is 0. The van der Waals surface area contributed by atoms with Crippen molar-refractivity contribution in [2.45, 2.75) is 0 Å². The van der Waals surface area contributed by atoms with Gasteiger partial charge in [-0.2, -0.15) is 4.94 Å². The molecule has 0 spiro atoms. The average Bonchev–Trinajstić information content (AvgIpc) is 2.03. The molecule has 0 aliphatic carbocycles. The van der Waals surface area contributed by atoms with Gasteiger partial charge in [-0.25, -0.2) is 5.84 Å². The highest BCUT2D eigenvalue weighted by Crippen LogP contribution is 2.22. The Morgan fingerprint density at radius 3 is 2.69 bits per heavy atom. The number of nitrogens with two attached hydrogens (primary N) is 1. The van der Waals surface area contributed by atoms with Gasteiger partial charge in [-0.3, -0.25) is 0 Å². The number of hydrogen-bond donors (Lipinski definition) is 1. The molecule has 0 aliphatic rings. The van der Waals surface area contributed by atoms with Crippen LogP contribution in [0.3, 0.4) is 0 Å². The molecule has 1 rings (SSSR count). The lowest BCUT2D eigenvalue weighted by Gasteiger charge is -2.14. The fourth-order valence-corrected chi connectivity index (χ4v) is 0.965. The Morgan fingerprint density at radius 2 is 2.15 bits per heavy atom. The molecule has 2 N–H and O–H groups in total. The van der Waals surface area contributed by atoms with Gasteiger partial charge in [-0.1, -0.05) is 23.7 Å². The van der Waals surface area contributed by atoms with Gasteiger partial charge in [0.1, 0.15) is 5.69 Å². The molecule has 0 atom stereocenters. The van der Waals surface area contributed by atoms with E-state index < -0.39 is 5.09 Å². The highest BCUT2D eigenvalue weighted by Gasteiger charge is 2.08. The number of hydrazine groups is 1. The third-order valence-electron chi connectivity index (χ3n) is 1.24. The smallest absolute Gasteiger partial charge is 0.223 e. The van der Waals surface area contributed by atoms with Crippen molar-refractivity contribution in [1.82, 2.24) is 0 Å². The summed E-state index contributed by atoms with van der Waals surface area (Å²) in [6.07, 6.45) is 0. The Morgan fingerprint density at radius 1 is 1.54 bits per heavy atom. The van der Waals surface area contributed by atoms with Gasteiger partial charge in [-0.05, 0) is 12.1 Å². The number of rotatable bonds is 3. The van der Waals surface area contributed by atoms with E-state index in [0.717, 1.165) is 0 Å². The zero-order chi connectivity index (χ0) is 9.84. The first kappa shape index (κ1) is 9.56. The molecule has 0 bridgehead atoms. The maximum absolute atomic E-state index is 9.91. The van der Waals surface area contributed by atoms with Crippen LogP contribution in [-0.4, -0.2) is 5.09 Å². The largest absolute Gasteiger partial charge is 0.318 e. The summed E-state index contributed by atoms with van der Waals surface area (Å²) >= 11 is 5.68. The number of nitrogens with zero attached hydrogens (tertiary/aromatic N) is 2. The molecule has 0 saturated heterocycles. The molecule has 70 valence electrons. The summed E-state index contributed by atoms with van der Waals surface area (Å²) in [6, 6.07) is 6.34. The molecular formula is C6H6ClN3O3. The van der Waals surface area contributed by atoms with E-state index in [1.807, 2.05) is 0 Å². The van der Waals surface area contributed by atoms with Gasteiger partial charge in [-0.15, -0.1) is 15.3 Å². The number of para-hydroxylation sites is 1. The van der Waals surface area contributed by atoms with Gasteiger partial charge in [0.15, 0.2) is 0 Å². The molecule has 1 aromatic carbocycles. The first-order chi connectivity index (χ1) is 6.11. The normalized spacial score (nSPS) is 9.38. The number of hydrogen-bond acceptors (Lipinski definition) is 5. The fourth-order valence-electron chi connectivity index (χ4n) is 0.746. The minimum atomic E-state index is -1.02. The van der Waals surface area contributed by atoms with Gasteiger partial charge in [0.05, 0.1) is 5.02 Å². The average molecular weight is 204 g/mol. The standard InChI is InChI=1S/C6H6ClN3O3/c7-5-3-1-2-4-6(5)9(8)13-10(11)12/h1-4H,8H2. The topological polar surface area (TPSA) is 81.6 Å². The first-order valence-corrected chi connectivity index (χ1v) is 3.61. The van der Waals surface area contributed by atoms with Crippen LogP contribution >= 0.6 is 11.6 Å². The van der Waals surface area contributed by atoms with Crippen molar-refractivity contribution in [1.29, 1.82) is 0 Å². The van der Waals surface area contributed by atoms with Crippen LogP contribution in [0.4, 0.5) is 5.69 Å². The Labute approximate surface area is 78.5 Å². The van der Waals surface area contributed by atoms with Crippen molar-refractivity contribution < 1.29 is 10.0 Å². The maximum Gasteiger partial charge on any atom is 0.318 e. The lowest BCUT2D eigenvalue weighted by molar-refractivity contribution is -0.762. The molecule has 0 heterocycles. The van der Waals surface area contributed by atoms with E-state index in [4.69, 9.17) is 17.4 Å². The zero-order valence-electron chi connectivity index (χ0n) is 6.38. The third kappa shape index (κ3) is 2.46. The van der Waals surface area contributed by atoms with E-state index in [-0.39, 0.29) is 10.7 Å². The highest BCUT2D eigenvalue weighted by atomic mass is 35.5. The van der Waals surface area contributed by atoms with Gasteiger partial charge in [0.25, 0.3) is 0 Å². The molecule has 0 aliphatic heterocycles. The molecule has 6 nitrogen and oxygen atoms in total. The van der Waals surface area contributed by atoms with Crippen molar-refractivity contribution >= 4 is 17.3 Å². The summed E-state index contributed by atoms with van der Waals surface area (Å²) in [5.74, 6) is 5.18. The Hall–Kier alpha value is -1.53. The van der Waals surface area contributed by atoms with Crippen LogP contribution in [0.5, 0.6) is 0 Å². The Bertz CT molecular complexity index is 320. The van der Waals surface area contributed by atoms with Gasteiger partial charge in [0.2, 0.25) is 0 Å². The van der Waals surface area contributed by atoms with Crippen LogP contribution in [0.2, 0.25) is 5.02 Å². The van der Waals surface area contributed by atoms with Crippen LogP contribution in [0.25, 0.3) is 0 Å². The van der Waals surface area contributed by atoms with E-state index in [1.165, 1.54) is 6.07 Å². The van der Waals surface area contributed by atoms with Crippen molar-refractivity contribution in [3.8, 4) is 0 Å². The summed E-state index contributed by atoms with van der Waals surface area (Å²) in [6.45, 7) is 0. The van der Waals surface area contributed by atoms with Crippen molar-refractivity contribution in [2.75, 3.05) is 5.17 Å². The van der Waals surface area contributed by atoms with Crippen LogP contribution in [0.15, 0.2) is 24.3 Å². The fraction of sp³-hybridized carbons (Fsp3) is 0. The lowest BCUT2D eigenvalue weighted by atomic mass is 10.3. The van der Waals surface area contributed by atoms with Crippen LogP contribution in [0.1, 0.15) is 0 Å². The third-order valence-corrected chi connectivity index (χ3v) is 1.56. The van der Waals surface area contributed by atoms with Crippen LogP contribution < -0.4 is 11.0 Å². The molecule has 0 aromatic heterocycles. The van der Waals surface area contributed by atoms with Crippen molar-refractivity contribution in [3.63, 3.8) is 0 Å². The SMILES string of the molecule is NN(O[N+](=O)[O-])c1ccccc1Cl. The van der Waals surface area contributed by atoms with Gasteiger partial charge < -0.3 is 0 Å². The summed E-state index contributed by atoms with van der Waals surface area (Å²) in [7, 11) is 0. The molecule has 0 fully saturated rings. The van der Waals surface area contributed by atoms with E-state index in [1.54, 1.807) is 18.2 Å². The number of benzene rings is 1. The van der Waals surface area contributed by atoms with Gasteiger partial charge >= 0.3 is 5.09 Å². The maximum atomic E-state index is 9.91. The van der Waals surface area contributed by atoms with Crippen LogP contribution in [-0.2, 0) is 4.94 Å². The zero-order valence-corrected chi connectivity index (χ0v) is 7.14. The quantitative estimate of drug-likeness (QED) is 0.453. The minimum Gasteiger partial charge on any atom is -0.223 e. The van der Waals surface area contributed by atoms with E-state index in [0.29, 0.717) is 5.17 Å². The highest BCUT2D eigenvalue weighted by molar-refractivity contribution is 6.33. The van der Waals surface area contributed by atoms with E-state index in [9.17, 15) is 10.1 Å². The van der Waals surface area contributed by atoms with Crippen molar-refractivity contribution in [2.24, 2.45) is 5.84 Å². The minimum absolute atomic E-state index is 0.223. The van der Waals surface area contributed by atoms with Crippen LogP contribution in [0, 0.1) is 10.1 Å². The molecule has 0 saturated carbocycles. The first-order valence-electron chi connectivity index (χ1n) is 3.23. The summed E-state index contributed by atoms with van der Waals surface area (Å²) in [5, 5.41) is 9.65. The lowest BCUT2D eigenvalue weighted by Crippen LogP contribution is -2.33. The second kappa shape index (κ2) is 3.92. The van der Waals surface area contributed by atoms with Gasteiger partial charge in [0, 0.05) is 0 Å². The van der Waals surface area contributed by atoms with E-state index in [2.05, 4.69) is 4.94 Å². The summed E-state index contributed by atoms with van der Waals surface area (Å²) in [5.41, 5.74) is 0.223. The molecular weight excluding hydrogens is 198 g/mol. The number of anilines is 1. The summed E-state index contributed by atoms with van der Waals surface area (Å²) in [4.78, 5) is 13.9. The molecule has 0 radical (unpaired) electrons. The molecule has 7 heteroatoms. The molecule has 0 amide bonds. The second-order valence-electron chi connectivity index (χ2n) is 2.08. The monoisotopic (exact) mass is 203 g/mol. The number of halogens is 1. The van der Waals surface area contributed by atoms with Crippen molar-refractivity contribution in [3.05, 3.63) is 39.4 Å². The Kier molecular flexibility index (Phi) is 2.88.